The molecule has 0 bridgehead atoms. The van der Waals surface area contributed by atoms with Gasteiger partial charge in [0.2, 0.25) is 0 Å². The molecule has 1 aromatic rings. The Balaban J connectivity index is 2.59. The van der Waals surface area contributed by atoms with E-state index >= 15 is 0 Å². The molecule has 2 nitrogen and oxygen atoms in total. The van der Waals surface area contributed by atoms with Gasteiger partial charge in [-0.2, -0.15) is 0 Å². The van der Waals surface area contributed by atoms with Crippen LogP contribution in [0.4, 0.5) is 8.78 Å². The molecule has 0 atom stereocenters. The van der Waals surface area contributed by atoms with Gasteiger partial charge in [0.25, 0.3) is 0 Å². The molecular weight excluding hydrogens is 306 g/mol. The number of rotatable bonds is 2. The summed E-state index contributed by atoms with van der Waals surface area (Å²) in [6.45, 7) is 0. The minimum atomic E-state index is -1.17. The summed E-state index contributed by atoms with van der Waals surface area (Å²) < 4.78 is 27.0. The van der Waals surface area contributed by atoms with Crippen LogP contribution in [0.15, 0.2) is 16.6 Å². The molecule has 0 unspecified atom stereocenters. The average molecular weight is 319 g/mol. The SMILES string of the molecule is O=C(O)C1(c2cc(F)cc(F)c2Br)CCCCC1. The Morgan fingerprint density at radius 3 is 2.39 bits per heavy atom. The highest BCUT2D eigenvalue weighted by atomic mass is 79.9. The van der Waals surface area contributed by atoms with Gasteiger partial charge in [-0.1, -0.05) is 19.3 Å². The Labute approximate surface area is 112 Å². The smallest absolute Gasteiger partial charge is 0.314 e. The second kappa shape index (κ2) is 4.96. The third-order valence-corrected chi connectivity index (χ3v) is 4.43. The van der Waals surface area contributed by atoms with Crippen LogP contribution in [0, 0.1) is 11.6 Å². The maximum Gasteiger partial charge on any atom is 0.314 e. The fourth-order valence-corrected chi connectivity index (χ4v) is 3.27. The van der Waals surface area contributed by atoms with E-state index in [9.17, 15) is 18.7 Å². The van der Waals surface area contributed by atoms with Gasteiger partial charge in [-0.15, -0.1) is 0 Å². The van der Waals surface area contributed by atoms with Crippen molar-refractivity contribution >= 4 is 21.9 Å². The van der Waals surface area contributed by atoms with Crippen molar-refractivity contribution in [3.05, 3.63) is 33.8 Å². The zero-order valence-electron chi connectivity index (χ0n) is 9.68. The highest BCUT2D eigenvalue weighted by Gasteiger charge is 2.43. The Morgan fingerprint density at radius 2 is 1.83 bits per heavy atom. The van der Waals surface area contributed by atoms with Crippen molar-refractivity contribution in [1.82, 2.24) is 0 Å². The van der Waals surface area contributed by atoms with E-state index < -0.39 is 23.0 Å². The predicted molar refractivity (Wildman–Crippen MR) is 66.5 cm³/mol. The molecule has 1 aromatic carbocycles. The zero-order valence-corrected chi connectivity index (χ0v) is 11.3. The summed E-state index contributed by atoms with van der Waals surface area (Å²) in [7, 11) is 0. The van der Waals surface area contributed by atoms with Gasteiger partial charge in [0.05, 0.1) is 9.89 Å². The molecule has 1 saturated carbocycles. The van der Waals surface area contributed by atoms with Crippen LogP contribution in [-0.4, -0.2) is 11.1 Å². The third kappa shape index (κ3) is 2.16. The Kier molecular flexibility index (Phi) is 3.71. The van der Waals surface area contributed by atoms with Crippen molar-refractivity contribution in [3.8, 4) is 0 Å². The molecule has 1 fully saturated rings. The lowest BCUT2D eigenvalue weighted by atomic mass is 9.69. The number of carbonyl (C=O) groups is 1. The van der Waals surface area contributed by atoms with E-state index in [1.54, 1.807) is 0 Å². The molecule has 0 aliphatic heterocycles. The quantitative estimate of drug-likeness (QED) is 0.836. The van der Waals surface area contributed by atoms with Gasteiger partial charge < -0.3 is 5.11 Å². The summed E-state index contributed by atoms with van der Waals surface area (Å²) in [5.74, 6) is -2.50. The van der Waals surface area contributed by atoms with Crippen molar-refractivity contribution in [1.29, 1.82) is 0 Å². The Hall–Kier alpha value is -0.970. The Morgan fingerprint density at radius 1 is 1.22 bits per heavy atom. The number of carboxylic acids is 1. The third-order valence-electron chi connectivity index (χ3n) is 3.63. The Bertz CT molecular complexity index is 482. The zero-order chi connectivity index (χ0) is 13.3. The highest BCUT2D eigenvalue weighted by molar-refractivity contribution is 9.10. The summed E-state index contributed by atoms with van der Waals surface area (Å²) in [4.78, 5) is 11.6. The molecule has 0 aromatic heterocycles. The van der Waals surface area contributed by atoms with Crippen LogP contribution in [0.25, 0.3) is 0 Å². The monoisotopic (exact) mass is 318 g/mol. The van der Waals surface area contributed by atoms with Crippen LogP contribution in [0.2, 0.25) is 0 Å². The molecule has 1 aliphatic carbocycles. The second-order valence-corrected chi connectivity index (χ2v) is 5.49. The van der Waals surface area contributed by atoms with Gasteiger partial charge in [0.1, 0.15) is 11.6 Å². The predicted octanol–water partition coefficient (Wildman–Crippen LogP) is 4.01. The first-order valence-electron chi connectivity index (χ1n) is 5.86. The summed E-state index contributed by atoms with van der Waals surface area (Å²) in [6.07, 6.45) is 3.33. The van der Waals surface area contributed by atoms with E-state index in [-0.39, 0.29) is 10.0 Å². The molecule has 0 heterocycles. The van der Waals surface area contributed by atoms with Crippen molar-refractivity contribution < 1.29 is 18.7 Å². The summed E-state index contributed by atoms with van der Waals surface area (Å²) in [5, 5.41) is 9.48. The van der Waals surface area contributed by atoms with Gasteiger partial charge in [0.15, 0.2) is 0 Å². The molecule has 98 valence electrons. The van der Waals surface area contributed by atoms with Crippen LogP contribution >= 0.6 is 15.9 Å². The van der Waals surface area contributed by atoms with E-state index in [4.69, 9.17) is 0 Å². The number of carboxylic acid groups (broad SMARTS) is 1. The van der Waals surface area contributed by atoms with Crippen LogP contribution in [-0.2, 0) is 10.2 Å². The molecule has 0 amide bonds. The molecular formula is C13H13BrF2O2. The second-order valence-electron chi connectivity index (χ2n) is 4.70. The molecule has 0 saturated heterocycles. The first-order chi connectivity index (χ1) is 8.47. The number of benzene rings is 1. The molecule has 2 rings (SSSR count). The van der Waals surface area contributed by atoms with E-state index in [1.807, 2.05) is 0 Å². The van der Waals surface area contributed by atoms with Crippen molar-refractivity contribution in [2.45, 2.75) is 37.5 Å². The average Bonchev–Trinajstić information content (AvgIpc) is 2.34. The van der Waals surface area contributed by atoms with Crippen molar-refractivity contribution in [2.75, 3.05) is 0 Å². The number of hydrogen-bond donors (Lipinski definition) is 1. The molecule has 18 heavy (non-hydrogen) atoms. The number of hydrogen-bond acceptors (Lipinski definition) is 1. The summed E-state index contributed by atoms with van der Waals surface area (Å²) in [6, 6.07) is 1.89. The van der Waals surface area contributed by atoms with Crippen LogP contribution in [0.5, 0.6) is 0 Å². The maximum atomic E-state index is 13.5. The fourth-order valence-electron chi connectivity index (χ4n) is 2.66. The molecule has 0 spiro atoms. The number of aliphatic carboxylic acids is 1. The van der Waals surface area contributed by atoms with Gasteiger partial charge in [0, 0.05) is 6.07 Å². The van der Waals surface area contributed by atoms with Gasteiger partial charge in [-0.25, -0.2) is 8.78 Å². The minimum Gasteiger partial charge on any atom is -0.481 e. The molecule has 0 radical (unpaired) electrons. The van der Waals surface area contributed by atoms with Crippen molar-refractivity contribution in [3.63, 3.8) is 0 Å². The van der Waals surface area contributed by atoms with E-state index in [2.05, 4.69) is 15.9 Å². The lowest BCUT2D eigenvalue weighted by Gasteiger charge is -2.34. The van der Waals surface area contributed by atoms with E-state index in [1.165, 1.54) is 0 Å². The minimum absolute atomic E-state index is 0.0631. The van der Waals surface area contributed by atoms with Crippen molar-refractivity contribution in [2.24, 2.45) is 0 Å². The largest absolute Gasteiger partial charge is 0.481 e. The first kappa shape index (κ1) is 13.5. The van der Waals surface area contributed by atoms with E-state index in [0.717, 1.165) is 31.4 Å². The van der Waals surface area contributed by atoms with Crippen LogP contribution < -0.4 is 0 Å². The number of halogens is 3. The first-order valence-corrected chi connectivity index (χ1v) is 6.65. The summed E-state index contributed by atoms with van der Waals surface area (Å²) in [5.41, 5.74) is -0.952. The standard InChI is InChI=1S/C13H13BrF2O2/c14-11-9(6-8(15)7-10(11)16)13(12(17)18)4-2-1-3-5-13/h6-7H,1-5H2,(H,17,18). The molecule has 1 aliphatic rings. The molecule has 1 N–H and O–H groups in total. The summed E-state index contributed by atoms with van der Waals surface area (Å²) >= 11 is 3.05. The highest BCUT2D eigenvalue weighted by Crippen LogP contribution is 2.43. The topological polar surface area (TPSA) is 37.3 Å². The maximum absolute atomic E-state index is 13.5. The van der Waals surface area contributed by atoms with Gasteiger partial charge in [-0.05, 0) is 40.4 Å². The molecule has 5 heteroatoms. The van der Waals surface area contributed by atoms with Gasteiger partial charge in [-0.3, -0.25) is 4.79 Å². The normalized spacial score (nSPS) is 18.6. The lowest BCUT2D eigenvalue weighted by molar-refractivity contribution is -0.145. The van der Waals surface area contributed by atoms with Crippen LogP contribution in [0.1, 0.15) is 37.7 Å². The van der Waals surface area contributed by atoms with E-state index in [0.29, 0.717) is 12.8 Å². The van der Waals surface area contributed by atoms with Crippen LogP contribution in [0.3, 0.4) is 0 Å². The fraction of sp³-hybridized carbons (Fsp3) is 0.462. The van der Waals surface area contributed by atoms with Gasteiger partial charge >= 0.3 is 5.97 Å². The lowest BCUT2D eigenvalue weighted by Crippen LogP contribution is -2.38.